The number of hydrogen-bond donors (Lipinski definition) is 4. The maximum Gasteiger partial charge on any atom is 0.435 e. The maximum atomic E-state index is 13.8. The van der Waals surface area contributed by atoms with Crippen LogP contribution in [0.3, 0.4) is 0 Å². The molecule has 19 heteroatoms. The molecule has 0 aliphatic carbocycles. The summed E-state index contributed by atoms with van der Waals surface area (Å²) >= 11 is 0. The lowest BCUT2D eigenvalue weighted by molar-refractivity contribution is -0.164. The van der Waals surface area contributed by atoms with E-state index in [1.165, 1.54) is 23.0 Å². The number of anilines is 2. The molecule has 3 aromatic heterocycles. The number of rotatable bonds is 11. The molecule has 256 valence electrons. The topological polar surface area (TPSA) is 188 Å². The lowest BCUT2D eigenvalue weighted by Gasteiger charge is -2.26. The Bertz CT molecular complexity index is 1830. The highest BCUT2D eigenvalue weighted by atomic mass is 19.4. The Morgan fingerprint density at radius 3 is 2.65 bits per heavy atom. The number of imidazole rings is 1. The predicted molar refractivity (Wildman–Crippen MR) is 160 cm³/mol. The van der Waals surface area contributed by atoms with Gasteiger partial charge in [0.05, 0.1) is 23.5 Å². The van der Waals surface area contributed by atoms with Gasteiger partial charge in [-0.05, 0) is 36.6 Å². The Balaban J connectivity index is 1.30. The van der Waals surface area contributed by atoms with Gasteiger partial charge in [0.15, 0.2) is 23.4 Å². The fourth-order valence-electron chi connectivity index (χ4n) is 5.41. The molecule has 1 fully saturated rings. The number of ether oxygens (including phenoxy) is 1. The molecule has 0 bridgehead atoms. The van der Waals surface area contributed by atoms with Crippen molar-refractivity contribution < 1.29 is 41.1 Å². The Labute approximate surface area is 269 Å². The molecule has 2 amide bonds. The number of hydrogen-bond acceptors (Lipinski definition) is 10. The number of nitrogens with two attached hydrogens (primary N) is 2. The van der Waals surface area contributed by atoms with E-state index in [4.69, 9.17) is 16.2 Å². The van der Waals surface area contributed by atoms with Crippen LogP contribution >= 0.6 is 0 Å². The van der Waals surface area contributed by atoms with E-state index in [1.807, 2.05) is 6.92 Å². The third kappa shape index (κ3) is 7.36. The van der Waals surface area contributed by atoms with Gasteiger partial charge in [-0.3, -0.25) is 23.6 Å². The second kappa shape index (κ2) is 13.9. The summed E-state index contributed by atoms with van der Waals surface area (Å²) in [6.07, 6.45) is -2.87. The summed E-state index contributed by atoms with van der Waals surface area (Å²) in [6, 6.07) is 4.43. The summed E-state index contributed by atoms with van der Waals surface area (Å²) in [7, 11) is 0. The van der Waals surface area contributed by atoms with Crippen molar-refractivity contribution in [2.24, 2.45) is 11.5 Å². The fraction of sp³-hybridized carbons (Fsp3) is 0.379. The summed E-state index contributed by atoms with van der Waals surface area (Å²) in [5.74, 6) is -2.60. The number of primary amides is 1. The van der Waals surface area contributed by atoms with Gasteiger partial charge in [-0.25, -0.2) is 23.5 Å². The van der Waals surface area contributed by atoms with Gasteiger partial charge >= 0.3 is 18.1 Å². The maximum absolute atomic E-state index is 13.8. The molecule has 0 radical (unpaired) electrons. The highest BCUT2D eigenvalue weighted by Gasteiger charge is 2.39. The minimum absolute atomic E-state index is 0.0298. The summed E-state index contributed by atoms with van der Waals surface area (Å²) in [5.41, 5.74) is 10.9. The molecule has 6 N–H and O–H groups in total. The first-order chi connectivity index (χ1) is 22.8. The van der Waals surface area contributed by atoms with Crippen molar-refractivity contribution in [3.05, 3.63) is 59.8 Å². The van der Waals surface area contributed by atoms with Crippen LogP contribution < -0.4 is 22.1 Å². The van der Waals surface area contributed by atoms with Crippen LogP contribution in [0.2, 0.25) is 0 Å². The molecule has 4 aromatic rings. The highest BCUT2D eigenvalue weighted by Crippen LogP contribution is 2.37. The molecule has 1 aromatic carbocycles. The molecular formula is C29H31F5N10O4. The fourth-order valence-corrected chi connectivity index (χ4v) is 5.41. The van der Waals surface area contributed by atoms with E-state index in [0.29, 0.717) is 40.9 Å². The first-order valence-corrected chi connectivity index (χ1v) is 14.7. The van der Waals surface area contributed by atoms with Gasteiger partial charge in [-0.15, -0.1) is 0 Å². The number of nitrogens with zero attached hydrogens (tertiary/aromatic N) is 6. The van der Waals surface area contributed by atoms with Crippen LogP contribution in [0, 0.1) is 0 Å². The number of aromatic nitrogens is 5. The van der Waals surface area contributed by atoms with Gasteiger partial charge in [0.1, 0.15) is 6.54 Å². The van der Waals surface area contributed by atoms with Gasteiger partial charge in [0.2, 0.25) is 0 Å². The van der Waals surface area contributed by atoms with E-state index in [0.717, 1.165) is 6.20 Å². The van der Waals surface area contributed by atoms with Gasteiger partial charge < -0.3 is 26.8 Å². The second-order valence-electron chi connectivity index (χ2n) is 10.9. The molecule has 0 spiro atoms. The number of alkyl halides is 5. The quantitative estimate of drug-likeness (QED) is 0.104. The van der Waals surface area contributed by atoms with Crippen LogP contribution in [0.4, 0.5) is 33.5 Å². The van der Waals surface area contributed by atoms with Crippen LogP contribution in [0.15, 0.2) is 43.0 Å². The number of fused-ring (bicyclic) bond motifs is 1. The average Bonchev–Trinajstić information content (AvgIpc) is 3.74. The molecule has 1 unspecified atom stereocenters. The lowest BCUT2D eigenvalue weighted by Crippen LogP contribution is -2.47. The molecule has 1 aliphatic rings. The number of amides is 2. The largest absolute Gasteiger partial charge is 0.438 e. The zero-order valence-electron chi connectivity index (χ0n) is 25.4. The van der Waals surface area contributed by atoms with E-state index in [2.05, 4.69) is 25.7 Å². The van der Waals surface area contributed by atoms with Crippen LogP contribution in [0.25, 0.3) is 16.9 Å². The van der Waals surface area contributed by atoms with Gasteiger partial charge in [-0.1, -0.05) is 6.92 Å². The van der Waals surface area contributed by atoms with Crippen molar-refractivity contribution in [3.63, 3.8) is 0 Å². The normalized spacial score (nSPS) is 16.8. The second-order valence-corrected chi connectivity index (χ2v) is 10.9. The monoisotopic (exact) mass is 678 g/mol. The van der Waals surface area contributed by atoms with Crippen molar-refractivity contribution in [1.82, 2.24) is 34.4 Å². The highest BCUT2D eigenvalue weighted by molar-refractivity contribution is 6.31. The molecular weight excluding hydrogens is 647 g/mol. The molecule has 4 heterocycles. The van der Waals surface area contributed by atoms with Gasteiger partial charge in [0.25, 0.3) is 12.3 Å². The third-order valence-corrected chi connectivity index (χ3v) is 7.64. The number of halogens is 5. The van der Waals surface area contributed by atoms with Crippen LogP contribution in [-0.2, 0) is 33.5 Å². The molecule has 1 saturated heterocycles. The first-order valence-electron chi connectivity index (χ1n) is 14.7. The Morgan fingerprint density at radius 2 is 1.96 bits per heavy atom. The summed E-state index contributed by atoms with van der Waals surface area (Å²) in [4.78, 5) is 46.0. The Morgan fingerprint density at radius 1 is 1.19 bits per heavy atom. The van der Waals surface area contributed by atoms with E-state index in [1.54, 1.807) is 23.1 Å². The molecule has 0 saturated carbocycles. The van der Waals surface area contributed by atoms with Crippen molar-refractivity contribution in [2.75, 3.05) is 25.0 Å². The van der Waals surface area contributed by atoms with E-state index >= 15 is 0 Å². The van der Waals surface area contributed by atoms with Crippen LogP contribution in [0.1, 0.15) is 35.0 Å². The minimum atomic E-state index is -4.91. The molecule has 48 heavy (non-hydrogen) atoms. The summed E-state index contributed by atoms with van der Waals surface area (Å²) in [6.45, 7) is 1.80. The Hall–Kier alpha value is -5.17. The molecule has 2 atom stereocenters. The van der Waals surface area contributed by atoms with Crippen LogP contribution in [-0.4, -0.2) is 85.2 Å². The molecule has 5 rings (SSSR count). The summed E-state index contributed by atoms with van der Waals surface area (Å²) in [5, 5.41) is 9.25. The van der Waals surface area contributed by atoms with Crippen molar-refractivity contribution in [1.29, 1.82) is 0 Å². The summed E-state index contributed by atoms with van der Waals surface area (Å²) < 4.78 is 74.1. The number of aryl methyl sites for hydroxylation is 1. The first kappa shape index (κ1) is 34.2. The Kier molecular flexibility index (Phi) is 9.90. The number of benzene rings is 1. The van der Waals surface area contributed by atoms with Gasteiger partial charge in [0, 0.05) is 49.5 Å². The van der Waals surface area contributed by atoms with E-state index in [9.17, 15) is 36.3 Å². The molecule has 14 nitrogen and oxygen atoms in total. The van der Waals surface area contributed by atoms with Crippen molar-refractivity contribution >= 4 is 34.9 Å². The average molecular weight is 679 g/mol. The number of carbonyl (C=O) groups excluding carboxylic acids is 3. The van der Waals surface area contributed by atoms with Crippen molar-refractivity contribution in [2.45, 2.75) is 51.2 Å². The number of nitrogens with one attached hydrogen (secondary N) is 2. The van der Waals surface area contributed by atoms with E-state index in [-0.39, 0.29) is 36.2 Å². The van der Waals surface area contributed by atoms with Gasteiger partial charge in [-0.2, -0.15) is 18.3 Å². The third-order valence-electron chi connectivity index (χ3n) is 7.64. The van der Waals surface area contributed by atoms with E-state index < -0.39 is 54.6 Å². The lowest BCUT2D eigenvalue weighted by atomic mass is 10.0. The zero-order valence-corrected chi connectivity index (χ0v) is 25.4. The minimum Gasteiger partial charge on any atom is -0.438 e. The standard InChI is InChI=1S/C29H31F5N10O4/c1-2-15-11-16(3-4-17(15)26(46)38-6-9-42-8-5-19(35)27(42)48-28(47)23(36)45)40-24-25-39-12-20(44(25)10-7-37-24)18-13-43(14-21(30)31)41-22(18)29(32,33)34/h3-4,7,10-13,19,21,27H,2,5-6,8-9,14,35H2,1H3,(H2,36,45)(H,37,40)(H,38,46)/t19-,27?/m0/s1. The van der Waals surface area contributed by atoms with Crippen LogP contribution in [0.5, 0.6) is 0 Å². The number of likely N-dealkylation sites (tertiary alicyclic amines) is 1. The zero-order chi connectivity index (χ0) is 34.7. The smallest absolute Gasteiger partial charge is 0.435 e. The SMILES string of the molecule is CCc1cc(Nc2nccn3c(-c4cn(CC(F)F)nc4C(F)(F)F)cnc23)ccc1C(=O)NCCN1CC[C@H](N)C1OC(=O)C(N)=O. The molecule has 1 aliphatic heterocycles. The number of esters is 1. The van der Waals surface area contributed by atoms with Crippen molar-refractivity contribution in [3.8, 4) is 11.3 Å². The predicted octanol–water partition coefficient (Wildman–Crippen LogP) is 2.30. The number of carbonyl (C=O) groups is 3.